The maximum atomic E-state index is 15.4. The first-order valence-electron chi connectivity index (χ1n) is 37.0. The van der Waals surface area contributed by atoms with E-state index >= 15 is 24.0 Å². The first-order valence-corrected chi connectivity index (χ1v) is 38.1. The van der Waals surface area contributed by atoms with Crippen molar-refractivity contribution >= 4 is 86.7 Å². The number of unbranched alkanes of at least 4 members (excludes halogenated alkanes) is 1. The lowest BCUT2D eigenvalue weighted by molar-refractivity contribution is -0.136. The zero-order valence-electron chi connectivity index (χ0n) is 60.2. The van der Waals surface area contributed by atoms with Crippen LogP contribution in [0.2, 0.25) is 0 Å². The van der Waals surface area contributed by atoms with Gasteiger partial charge in [-0.05, 0) is 154 Å². The number of aromatic nitrogens is 2. The fourth-order valence-corrected chi connectivity index (χ4v) is 15.9. The van der Waals surface area contributed by atoms with E-state index < -0.39 is 113 Å². The predicted octanol–water partition coefficient (Wildman–Crippen LogP) is 5.04. The summed E-state index contributed by atoms with van der Waals surface area (Å²) in [7, 11) is 2.21. The molecule has 0 spiro atoms. The van der Waals surface area contributed by atoms with Crippen molar-refractivity contribution in [3.05, 3.63) is 179 Å². The van der Waals surface area contributed by atoms with Gasteiger partial charge in [0.1, 0.15) is 36.3 Å². The molecule has 566 valence electrons. The summed E-state index contributed by atoms with van der Waals surface area (Å²) in [6.45, 7) is 2.92. The Morgan fingerprint density at radius 2 is 1.22 bits per heavy atom. The summed E-state index contributed by atoms with van der Waals surface area (Å²) in [5.41, 5.74) is 24.1. The molecule has 0 bridgehead atoms. The lowest BCUT2D eigenvalue weighted by Gasteiger charge is -2.45. The quantitative estimate of drug-likeness (QED) is 0.0227. The number of likely N-dealkylation sites (tertiary alicyclic amines) is 1. The molecule has 2 aromatic heterocycles. The number of Topliss-reactive ketones (excluding diaryl/α,β-unsaturated/α-hetero) is 1. The zero-order chi connectivity index (χ0) is 75.2. The Labute approximate surface area is 620 Å². The molecule has 0 radical (unpaired) electrons. The fraction of sp³-hybridized carbons (Fsp3) is 0.456. The highest BCUT2D eigenvalue weighted by Gasteiger charge is 2.41. The second kappa shape index (κ2) is 38.6. The van der Waals surface area contributed by atoms with E-state index in [2.05, 4.69) is 93.8 Å². The molecule has 7 amide bonds. The molecule has 17 N–H and O–H groups in total. The number of H-pyrrole nitrogens is 2. The summed E-state index contributed by atoms with van der Waals surface area (Å²) in [4.78, 5) is 133. The maximum absolute atomic E-state index is 15.4. The third kappa shape index (κ3) is 21.8. The topological polar surface area (TPSA) is 378 Å². The van der Waals surface area contributed by atoms with E-state index in [0.29, 0.717) is 72.5 Å². The summed E-state index contributed by atoms with van der Waals surface area (Å²) >= 11 is 1.80. The number of para-hydroxylation sites is 1. The number of hydrogen-bond acceptors (Lipinski definition) is 14. The Morgan fingerprint density at radius 1 is 0.623 bits per heavy atom. The molecule has 10 rings (SSSR count). The number of ketones is 1. The highest BCUT2D eigenvalue weighted by atomic mass is 32.2. The van der Waals surface area contributed by atoms with Gasteiger partial charge in [0.2, 0.25) is 41.4 Å². The van der Waals surface area contributed by atoms with Crippen molar-refractivity contribution in [2.24, 2.45) is 28.1 Å². The Bertz CT molecular complexity index is 4180. The van der Waals surface area contributed by atoms with Crippen molar-refractivity contribution in [2.75, 3.05) is 44.7 Å². The highest BCUT2D eigenvalue weighted by molar-refractivity contribution is 7.99. The molecule has 0 unspecified atom stereocenters. The number of aromatic amines is 2. The minimum absolute atomic E-state index is 0.0188. The van der Waals surface area contributed by atoms with E-state index in [4.69, 9.17) is 17.2 Å². The monoisotopic (exact) mass is 1470 g/mol. The van der Waals surface area contributed by atoms with Crippen molar-refractivity contribution in [3.63, 3.8) is 0 Å². The molecule has 2 saturated heterocycles. The molecule has 2 aliphatic heterocycles. The van der Waals surface area contributed by atoms with Gasteiger partial charge in [-0.3, -0.25) is 43.3 Å². The van der Waals surface area contributed by atoms with Gasteiger partial charge in [0.15, 0.2) is 23.4 Å². The number of carbonyl (C=O) groups is 8. The van der Waals surface area contributed by atoms with Crippen LogP contribution in [0, 0.1) is 17.6 Å². The number of amides is 7. The van der Waals surface area contributed by atoms with Gasteiger partial charge >= 0.3 is 0 Å². The second-order valence-electron chi connectivity index (χ2n) is 28.4. The minimum atomic E-state index is -1.73. The Balaban J connectivity index is 0.964. The van der Waals surface area contributed by atoms with Crippen molar-refractivity contribution in [3.8, 4) is 0 Å². The fourth-order valence-electron chi connectivity index (χ4n) is 14.9. The molecule has 0 saturated carbocycles. The van der Waals surface area contributed by atoms with E-state index in [1.54, 1.807) is 78.6 Å². The molecule has 24 nitrogen and oxygen atoms in total. The second-order valence-corrected chi connectivity index (χ2v) is 29.5. The number of hydrogen-bond donors (Lipinski definition) is 14. The molecule has 5 aromatic carbocycles. The van der Waals surface area contributed by atoms with Crippen molar-refractivity contribution in [1.29, 1.82) is 0 Å². The molecule has 7 aromatic rings. The summed E-state index contributed by atoms with van der Waals surface area (Å²) in [5, 5.41) is 36.7. The lowest BCUT2D eigenvalue weighted by Crippen LogP contribution is -2.61. The summed E-state index contributed by atoms with van der Waals surface area (Å²) in [5.74, 6) is -6.23. The SMILES string of the molecule is C[C@@H](O)[C@@H]1NC(=O)[C@H](CCCCN)NC(=O)[C@@H](Cc2c[nH]c3ccccc23)NC(=O)[C@H](Cc2ccccc2)NC(=O)[C@H](Cc2ccccc2)NC(=O)[C@H](CCCN=C(N)N)NC(=O)[C@H](NCCSC[C@@H]2C[C@@H]3c4cccc5[nH]cc(c45)C[C@H]3N(C)C2)CCCCCC(=O)[C@H](Cc2ccc(F)c(F)c2)NC1=O. The van der Waals surface area contributed by atoms with Crippen molar-refractivity contribution < 1.29 is 52.2 Å². The maximum Gasteiger partial charge on any atom is 0.245 e. The summed E-state index contributed by atoms with van der Waals surface area (Å²) in [6, 6.07) is 24.2. The van der Waals surface area contributed by atoms with Crippen LogP contribution in [0.25, 0.3) is 21.8 Å². The number of aliphatic hydroxyl groups is 1. The van der Waals surface area contributed by atoms with Gasteiger partial charge in [-0.2, -0.15) is 11.8 Å². The van der Waals surface area contributed by atoms with Crippen LogP contribution in [-0.2, 0) is 70.5 Å². The number of nitrogens with two attached hydrogens (primary N) is 3. The minimum Gasteiger partial charge on any atom is -0.391 e. The van der Waals surface area contributed by atoms with E-state index in [-0.39, 0.29) is 88.8 Å². The normalized spacial score (nSPS) is 24.1. The van der Waals surface area contributed by atoms with Crippen LogP contribution >= 0.6 is 11.8 Å². The van der Waals surface area contributed by atoms with Gasteiger partial charge in [-0.25, -0.2) is 8.78 Å². The van der Waals surface area contributed by atoms with Gasteiger partial charge in [-0.15, -0.1) is 0 Å². The van der Waals surface area contributed by atoms with Gasteiger partial charge in [0.05, 0.1) is 18.2 Å². The Morgan fingerprint density at radius 3 is 1.89 bits per heavy atom. The molecule has 27 heteroatoms. The smallest absolute Gasteiger partial charge is 0.245 e. The molecule has 12 atom stereocenters. The number of aliphatic hydroxyl groups excluding tert-OH is 1. The Kier molecular flexibility index (Phi) is 28.8. The number of fused-ring (bicyclic) bond motifs is 3. The average molecular weight is 1470 g/mol. The first-order chi connectivity index (χ1) is 51.2. The zero-order valence-corrected chi connectivity index (χ0v) is 61.0. The van der Waals surface area contributed by atoms with E-state index in [1.165, 1.54) is 29.5 Å². The third-order valence-corrected chi connectivity index (χ3v) is 21.6. The number of piperidine rings is 1. The van der Waals surface area contributed by atoms with Crippen molar-refractivity contribution in [2.45, 2.75) is 176 Å². The number of nitrogens with zero attached hydrogens (tertiary/aromatic N) is 2. The van der Waals surface area contributed by atoms with Crippen LogP contribution in [0.1, 0.15) is 117 Å². The molecule has 106 heavy (non-hydrogen) atoms. The summed E-state index contributed by atoms with van der Waals surface area (Å²) in [6.07, 6.45) is 5.70. The van der Waals surface area contributed by atoms with Crippen LogP contribution in [-0.4, -0.2) is 178 Å². The largest absolute Gasteiger partial charge is 0.391 e. The highest BCUT2D eigenvalue weighted by Crippen LogP contribution is 2.45. The van der Waals surface area contributed by atoms with E-state index in [9.17, 15) is 28.3 Å². The van der Waals surface area contributed by atoms with Gasteiger partial charge in [-0.1, -0.05) is 110 Å². The molecular formula is C79H101F2N15O9S. The molecule has 4 heterocycles. The number of likely N-dealkylation sites (N-methyl/N-ethyl adjacent to an activating group) is 1. The first kappa shape index (κ1) is 79.0. The Hall–Kier alpha value is -9.54. The number of rotatable bonds is 23. The van der Waals surface area contributed by atoms with Gasteiger partial charge < -0.3 is 79.7 Å². The van der Waals surface area contributed by atoms with Crippen LogP contribution < -0.4 is 59.7 Å². The number of thioether (sulfide) groups is 1. The van der Waals surface area contributed by atoms with Gasteiger partial charge in [0, 0.05) is 97.2 Å². The predicted molar refractivity (Wildman–Crippen MR) is 407 cm³/mol. The average Bonchev–Trinajstić information content (AvgIpc) is 1.52. The van der Waals surface area contributed by atoms with Crippen molar-refractivity contribution in [1.82, 2.24) is 57.4 Å². The molecular weight excluding hydrogens is 1370 g/mol. The number of aliphatic imine (C=N–C) groups is 1. The standard InChI is InChI=1S/C79H101F2N15O9S/c1-47(97)71-78(105)91-64(40-50-30-31-57(80)58(81)37-50)69(98)29-11-5-10-25-61(85-34-35-106-46-51-36-56-55-23-16-27-60-70(55)53(44-88-60)42-68(56)96(2)45-51)72(99)89-63(28-17-33-86-79(83)84)73(100)92-65(38-48-18-6-3-7-19-48)75(102)93-66(39-49-20-8-4-9-21-49)76(103)94-67(41-52-43-87-59-24-13-12-22-54(52)59)77(104)90-62(74(101)95-71)26-14-15-32-82/h3-4,6-9,12-13,16,18-24,27,30-31,37,43-44,47,51,56,61-68,71,85,87-88,97H,5,10-11,14-15,17,25-26,28-29,32-36,38-42,45-46,82H2,1-2H3,(H,89,99)(H,90,104)(H,91,105)(H,92,100)(H,93,102)(H,94,103)(H,95,101)(H4,83,84,86)/t47-,51-,56-,61-,62+,63+,64+,65+,66+,67-,68-,71+/m1/s1. The third-order valence-electron chi connectivity index (χ3n) is 20.4. The molecule has 2 fully saturated rings. The van der Waals surface area contributed by atoms with Crippen LogP contribution in [0.15, 0.2) is 139 Å². The van der Waals surface area contributed by atoms with E-state index in [1.807, 2.05) is 24.3 Å². The number of nitrogens with one attached hydrogen (secondary N) is 10. The number of halogens is 2. The number of benzene rings is 5. The molecule has 1 aliphatic carbocycles. The molecule has 3 aliphatic rings. The van der Waals surface area contributed by atoms with Gasteiger partial charge in [0.25, 0.3) is 0 Å². The van der Waals surface area contributed by atoms with Crippen LogP contribution in [0.4, 0.5) is 8.78 Å². The lowest BCUT2D eigenvalue weighted by atomic mass is 9.73. The number of carbonyl (C=O) groups excluding carboxylic acids is 8. The summed E-state index contributed by atoms with van der Waals surface area (Å²) < 4.78 is 29.2. The van der Waals surface area contributed by atoms with E-state index in [0.717, 1.165) is 53.7 Å². The van der Waals surface area contributed by atoms with Crippen LogP contribution in [0.5, 0.6) is 0 Å². The van der Waals surface area contributed by atoms with Crippen LogP contribution in [0.3, 0.4) is 0 Å². The number of guanidine groups is 1.